The highest BCUT2D eigenvalue weighted by atomic mass is 16.5. The summed E-state index contributed by atoms with van der Waals surface area (Å²) in [5.41, 5.74) is 1.59. The number of unbranched alkanes of at least 4 members (excludes halogenated alkanes) is 1. The average molecular weight is 233 g/mol. The number of hydrogen-bond donors (Lipinski definition) is 0. The molecular formula is C14H19NO2. The molecule has 1 rings (SSSR count). The van der Waals surface area contributed by atoms with Crippen LogP contribution in [0.4, 0.5) is 0 Å². The molecule has 92 valence electrons. The molecule has 0 aliphatic rings. The molecule has 0 N–H and O–H groups in total. The number of aliphatic imine (C=N–C) groups is 1. The highest BCUT2D eigenvalue weighted by molar-refractivity contribution is 5.90. The van der Waals surface area contributed by atoms with E-state index in [-0.39, 0.29) is 5.97 Å². The van der Waals surface area contributed by atoms with Crippen LogP contribution in [0.2, 0.25) is 0 Å². The molecule has 0 radical (unpaired) electrons. The first-order valence-corrected chi connectivity index (χ1v) is 6.05. The molecule has 0 bridgehead atoms. The summed E-state index contributed by atoms with van der Waals surface area (Å²) in [4.78, 5) is 15.7. The van der Waals surface area contributed by atoms with Crippen LogP contribution in [0.1, 0.15) is 42.6 Å². The molecule has 0 aliphatic heterocycles. The molecule has 0 heterocycles. The lowest BCUT2D eigenvalue weighted by Crippen LogP contribution is -2.04. The van der Waals surface area contributed by atoms with E-state index in [0.29, 0.717) is 12.2 Å². The Balaban J connectivity index is 2.55. The van der Waals surface area contributed by atoms with Crippen LogP contribution in [0.25, 0.3) is 0 Å². The Morgan fingerprint density at radius 3 is 2.59 bits per heavy atom. The van der Waals surface area contributed by atoms with E-state index in [1.165, 1.54) is 0 Å². The van der Waals surface area contributed by atoms with Gasteiger partial charge in [-0.3, -0.25) is 4.99 Å². The molecule has 0 unspecified atom stereocenters. The lowest BCUT2D eigenvalue weighted by atomic mass is 10.1. The van der Waals surface area contributed by atoms with Crippen LogP contribution in [0.15, 0.2) is 29.3 Å². The van der Waals surface area contributed by atoms with Crippen LogP contribution >= 0.6 is 0 Å². The maximum atomic E-state index is 11.4. The third-order valence-corrected chi connectivity index (χ3v) is 2.30. The molecule has 0 saturated carbocycles. The van der Waals surface area contributed by atoms with Crippen molar-refractivity contribution in [2.45, 2.75) is 26.7 Å². The standard InChI is InChI=1S/C14H19NO2/c1-3-5-10-15-11-12-6-8-13(9-7-12)14(16)17-4-2/h6-9,11H,3-5,10H2,1-2H3/b15-11+. The van der Waals surface area contributed by atoms with Crippen molar-refractivity contribution < 1.29 is 9.53 Å². The number of esters is 1. The third kappa shape index (κ3) is 4.81. The number of carbonyl (C=O) groups excluding carboxylic acids is 1. The van der Waals surface area contributed by atoms with E-state index >= 15 is 0 Å². The van der Waals surface area contributed by atoms with E-state index in [1.54, 1.807) is 19.1 Å². The highest BCUT2D eigenvalue weighted by Gasteiger charge is 2.04. The topological polar surface area (TPSA) is 38.7 Å². The Kier molecular flexibility index (Phi) is 6.00. The summed E-state index contributed by atoms with van der Waals surface area (Å²) in [6.45, 7) is 5.20. The summed E-state index contributed by atoms with van der Waals surface area (Å²) in [6.07, 6.45) is 4.10. The summed E-state index contributed by atoms with van der Waals surface area (Å²) in [5, 5.41) is 0. The van der Waals surface area contributed by atoms with Gasteiger partial charge in [-0.05, 0) is 31.0 Å². The first kappa shape index (κ1) is 13.4. The Labute approximate surface area is 103 Å². The minimum atomic E-state index is -0.276. The molecule has 3 nitrogen and oxygen atoms in total. The van der Waals surface area contributed by atoms with E-state index in [0.717, 1.165) is 24.9 Å². The second-order valence-electron chi connectivity index (χ2n) is 3.73. The summed E-state index contributed by atoms with van der Waals surface area (Å²) < 4.78 is 4.91. The zero-order chi connectivity index (χ0) is 12.5. The molecule has 0 amide bonds. The van der Waals surface area contributed by atoms with Crippen molar-refractivity contribution in [2.75, 3.05) is 13.2 Å². The fourth-order valence-electron chi connectivity index (χ4n) is 1.34. The Bertz CT molecular complexity index is 368. The predicted octanol–water partition coefficient (Wildman–Crippen LogP) is 3.08. The van der Waals surface area contributed by atoms with Gasteiger partial charge in [0.25, 0.3) is 0 Å². The highest BCUT2D eigenvalue weighted by Crippen LogP contribution is 2.04. The Hall–Kier alpha value is -1.64. The Morgan fingerprint density at radius 1 is 1.29 bits per heavy atom. The van der Waals surface area contributed by atoms with Crippen molar-refractivity contribution in [1.29, 1.82) is 0 Å². The summed E-state index contributed by atoms with van der Waals surface area (Å²) in [7, 11) is 0. The zero-order valence-electron chi connectivity index (χ0n) is 10.5. The van der Waals surface area contributed by atoms with Crippen LogP contribution in [0.3, 0.4) is 0 Å². The summed E-state index contributed by atoms with van der Waals surface area (Å²) >= 11 is 0. The van der Waals surface area contributed by atoms with Gasteiger partial charge in [0, 0.05) is 12.8 Å². The van der Waals surface area contributed by atoms with Gasteiger partial charge in [-0.25, -0.2) is 4.79 Å². The third-order valence-electron chi connectivity index (χ3n) is 2.30. The van der Waals surface area contributed by atoms with Crippen molar-refractivity contribution in [3.63, 3.8) is 0 Å². The maximum absolute atomic E-state index is 11.4. The van der Waals surface area contributed by atoms with E-state index in [4.69, 9.17) is 4.74 Å². The number of carbonyl (C=O) groups is 1. The second kappa shape index (κ2) is 7.60. The van der Waals surface area contributed by atoms with Gasteiger partial charge in [-0.15, -0.1) is 0 Å². The number of hydrogen-bond acceptors (Lipinski definition) is 3. The van der Waals surface area contributed by atoms with Crippen molar-refractivity contribution in [3.05, 3.63) is 35.4 Å². The zero-order valence-corrected chi connectivity index (χ0v) is 10.5. The van der Waals surface area contributed by atoms with Gasteiger partial charge in [0.15, 0.2) is 0 Å². The first-order chi connectivity index (χ1) is 8.27. The van der Waals surface area contributed by atoms with Gasteiger partial charge in [-0.1, -0.05) is 25.5 Å². The number of benzene rings is 1. The summed E-state index contributed by atoms with van der Waals surface area (Å²) in [5.74, 6) is -0.276. The minimum absolute atomic E-state index is 0.276. The van der Waals surface area contributed by atoms with Gasteiger partial charge in [-0.2, -0.15) is 0 Å². The molecule has 17 heavy (non-hydrogen) atoms. The smallest absolute Gasteiger partial charge is 0.338 e. The molecule has 1 aromatic carbocycles. The summed E-state index contributed by atoms with van der Waals surface area (Å²) in [6, 6.07) is 7.28. The molecule has 3 heteroatoms. The Morgan fingerprint density at radius 2 is 2.00 bits per heavy atom. The van der Waals surface area contributed by atoms with Gasteiger partial charge in [0.05, 0.1) is 12.2 Å². The molecule has 1 aromatic rings. The monoisotopic (exact) mass is 233 g/mol. The van der Waals surface area contributed by atoms with Crippen molar-refractivity contribution in [2.24, 2.45) is 4.99 Å². The van der Waals surface area contributed by atoms with E-state index < -0.39 is 0 Å². The molecular weight excluding hydrogens is 214 g/mol. The van der Waals surface area contributed by atoms with Gasteiger partial charge < -0.3 is 4.74 Å². The van der Waals surface area contributed by atoms with Crippen LogP contribution in [0.5, 0.6) is 0 Å². The van der Waals surface area contributed by atoms with Crippen molar-refractivity contribution >= 4 is 12.2 Å². The van der Waals surface area contributed by atoms with E-state index in [2.05, 4.69) is 11.9 Å². The maximum Gasteiger partial charge on any atom is 0.338 e. The van der Waals surface area contributed by atoms with Crippen LogP contribution in [-0.2, 0) is 4.74 Å². The fourth-order valence-corrected chi connectivity index (χ4v) is 1.34. The molecule has 0 aliphatic carbocycles. The van der Waals surface area contributed by atoms with Gasteiger partial charge in [0.2, 0.25) is 0 Å². The largest absolute Gasteiger partial charge is 0.462 e. The van der Waals surface area contributed by atoms with Crippen LogP contribution in [-0.4, -0.2) is 25.3 Å². The SMILES string of the molecule is CCCC/N=C/c1ccc(C(=O)OCC)cc1. The van der Waals surface area contributed by atoms with Crippen molar-refractivity contribution in [1.82, 2.24) is 0 Å². The minimum Gasteiger partial charge on any atom is -0.462 e. The molecule has 0 fully saturated rings. The molecule has 0 spiro atoms. The average Bonchev–Trinajstić information content (AvgIpc) is 2.36. The quantitative estimate of drug-likeness (QED) is 0.430. The van der Waals surface area contributed by atoms with Crippen molar-refractivity contribution in [3.8, 4) is 0 Å². The van der Waals surface area contributed by atoms with Gasteiger partial charge in [0.1, 0.15) is 0 Å². The second-order valence-corrected chi connectivity index (χ2v) is 3.73. The normalized spacial score (nSPS) is 10.7. The lowest BCUT2D eigenvalue weighted by molar-refractivity contribution is 0.0526. The molecule has 0 aromatic heterocycles. The molecule has 0 atom stereocenters. The van der Waals surface area contributed by atoms with E-state index in [9.17, 15) is 4.79 Å². The van der Waals surface area contributed by atoms with E-state index in [1.807, 2.05) is 18.3 Å². The van der Waals surface area contributed by atoms with Gasteiger partial charge >= 0.3 is 5.97 Å². The number of ether oxygens (including phenoxy) is 1. The fraction of sp³-hybridized carbons (Fsp3) is 0.429. The lowest BCUT2D eigenvalue weighted by Gasteiger charge is -2.01. The van der Waals surface area contributed by atoms with Crippen LogP contribution in [0, 0.1) is 0 Å². The van der Waals surface area contributed by atoms with Crippen LogP contribution < -0.4 is 0 Å². The predicted molar refractivity (Wildman–Crippen MR) is 69.8 cm³/mol. The molecule has 0 saturated heterocycles. The first-order valence-electron chi connectivity index (χ1n) is 6.05. The number of nitrogens with zero attached hydrogens (tertiary/aromatic N) is 1. The number of rotatable bonds is 6.